The number of carbonyl (C=O) groups excluding carboxylic acids is 2. The first-order chi connectivity index (χ1) is 15.2. The molecule has 2 aliphatic rings. The van der Waals surface area contributed by atoms with E-state index < -0.39 is 11.7 Å². The number of fused-ring (bicyclic) bond motifs is 1. The molecule has 32 heavy (non-hydrogen) atoms. The molecule has 170 valence electrons. The number of amides is 2. The van der Waals surface area contributed by atoms with Crippen molar-refractivity contribution in [3.63, 3.8) is 0 Å². The Balaban J connectivity index is 1.46. The van der Waals surface area contributed by atoms with Gasteiger partial charge in [0.2, 0.25) is 5.91 Å². The lowest BCUT2D eigenvalue weighted by atomic mass is 9.81. The van der Waals surface area contributed by atoms with E-state index in [0.29, 0.717) is 37.2 Å². The van der Waals surface area contributed by atoms with Gasteiger partial charge in [-0.15, -0.1) is 0 Å². The van der Waals surface area contributed by atoms with E-state index in [1.165, 1.54) is 24.3 Å². The van der Waals surface area contributed by atoms with E-state index in [4.69, 9.17) is 4.74 Å². The van der Waals surface area contributed by atoms with Gasteiger partial charge in [0.15, 0.2) is 0 Å². The molecule has 2 aliphatic heterocycles. The highest BCUT2D eigenvalue weighted by Crippen LogP contribution is 2.33. The summed E-state index contributed by atoms with van der Waals surface area (Å²) in [4.78, 5) is 28.9. The minimum Gasteiger partial charge on any atom is -0.486 e. The Bertz CT molecular complexity index is 994. The Hall–Kier alpha value is -2.93. The first kappa shape index (κ1) is 22.3. The fraction of sp³-hybridized carbons (Fsp3) is 0.440. The number of carbonyl (C=O) groups is 2. The number of rotatable bonds is 6. The molecule has 2 atom stereocenters. The third-order valence-electron chi connectivity index (χ3n) is 6.23. The zero-order valence-electron chi connectivity index (χ0n) is 18.5. The standard InChI is InChI=1S/C25H29FN2O4/c1-17(2)13-25(31)11-12-27(15-22(25)32-20-9-7-19(26)8-10-20)23(29)16-28-14-18-5-3-4-6-21(18)24(28)30/h3-10,17,22,31H,11-16H2,1-2H3/t22-,25+/m0/s1. The highest BCUT2D eigenvalue weighted by Gasteiger charge is 2.45. The molecule has 1 saturated heterocycles. The second-order valence-corrected chi connectivity index (χ2v) is 9.17. The van der Waals surface area contributed by atoms with E-state index in [1.54, 1.807) is 15.9 Å². The summed E-state index contributed by atoms with van der Waals surface area (Å²) in [5.74, 6) is -0.00120. The van der Waals surface area contributed by atoms with Crippen LogP contribution in [-0.4, -0.2) is 58.1 Å². The Morgan fingerprint density at radius 2 is 1.94 bits per heavy atom. The Morgan fingerprint density at radius 1 is 1.22 bits per heavy atom. The molecule has 0 bridgehead atoms. The van der Waals surface area contributed by atoms with Crippen LogP contribution in [0.3, 0.4) is 0 Å². The molecule has 0 aliphatic carbocycles. The molecule has 0 saturated carbocycles. The zero-order valence-corrected chi connectivity index (χ0v) is 18.5. The van der Waals surface area contributed by atoms with E-state index in [-0.39, 0.29) is 36.6 Å². The maximum Gasteiger partial charge on any atom is 0.254 e. The molecule has 1 N–H and O–H groups in total. The first-order valence-electron chi connectivity index (χ1n) is 11.0. The highest BCUT2D eigenvalue weighted by atomic mass is 19.1. The maximum atomic E-state index is 13.3. The second-order valence-electron chi connectivity index (χ2n) is 9.17. The van der Waals surface area contributed by atoms with Crippen LogP contribution in [0.4, 0.5) is 4.39 Å². The number of piperidine rings is 1. The lowest BCUT2D eigenvalue weighted by Crippen LogP contribution is -2.60. The molecule has 0 spiro atoms. The number of nitrogens with zero attached hydrogens (tertiary/aromatic N) is 2. The third kappa shape index (κ3) is 4.63. The molecule has 2 aromatic rings. The number of aliphatic hydroxyl groups is 1. The smallest absolute Gasteiger partial charge is 0.254 e. The number of halogens is 1. The highest BCUT2D eigenvalue weighted by molar-refractivity contribution is 6.00. The summed E-state index contributed by atoms with van der Waals surface area (Å²) in [5, 5.41) is 11.4. The van der Waals surface area contributed by atoms with Crippen molar-refractivity contribution in [2.45, 2.75) is 44.9 Å². The molecule has 7 heteroatoms. The van der Waals surface area contributed by atoms with Gasteiger partial charge in [0.05, 0.1) is 6.54 Å². The number of hydrogen-bond donors (Lipinski definition) is 1. The van der Waals surface area contributed by atoms with Crippen LogP contribution in [0.1, 0.15) is 42.6 Å². The minimum absolute atomic E-state index is 0.0145. The largest absolute Gasteiger partial charge is 0.486 e. The van der Waals surface area contributed by atoms with Crippen molar-refractivity contribution in [2.75, 3.05) is 19.6 Å². The minimum atomic E-state index is -1.10. The van der Waals surface area contributed by atoms with Gasteiger partial charge >= 0.3 is 0 Å². The average Bonchev–Trinajstić information content (AvgIpc) is 3.06. The molecule has 2 aromatic carbocycles. The van der Waals surface area contributed by atoms with Crippen molar-refractivity contribution >= 4 is 11.8 Å². The molecule has 2 amide bonds. The van der Waals surface area contributed by atoms with Crippen LogP contribution in [0.25, 0.3) is 0 Å². The molecule has 0 radical (unpaired) electrons. The molecular formula is C25H29FN2O4. The Kier molecular flexibility index (Phi) is 6.20. The lowest BCUT2D eigenvalue weighted by molar-refractivity contribution is -0.149. The van der Waals surface area contributed by atoms with E-state index in [1.807, 2.05) is 32.0 Å². The van der Waals surface area contributed by atoms with E-state index >= 15 is 0 Å². The second kappa shape index (κ2) is 8.90. The van der Waals surface area contributed by atoms with Crippen molar-refractivity contribution in [2.24, 2.45) is 5.92 Å². The zero-order chi connectivity index (χ0) is 22.9. The van der Waals surface area contributed by atoms with Crippen molar-refractivity contribution in [1.29, 1.82) is 0 Å². The molecule has 1 fully saturated rings. The van der Waals surface area contributed by atoms with Crippen LogP contribution in [0.2, 0.25) is 0 Å². The van der Waals surface area contributed by atoms with Crippen molar-refractivity contribution in [1.82, 2.24) is 9.80 Å². The normalized spacial score (nSPS) is 22.9. The quantitative estimate of drug-likeness (QED) is 0.749. The van der Waals surface area contributed by atoms with Crippen molar-refractivity contribution < 1.29 is 23.8 Å². The van der Waals surface area contributed by atoms with Crippen LogP contribution >= 0.6 is 0 Å². The van der Waals surface area contributed by atoms with Gasteiger partial charge in [-0.1, -0.05) is 32.0 Å². The summed E-state index contributed by atoms with van der Waals surface area (Å²) in [6.07, 6.45) is 0.247. The summed E-state index contributed by atoms with van der Waals surface area (Å²) >= 11 is 0. The summed E-state index contributed by atoms with van der Waals surface area (Å²) in [6, 6.07) is 13.0. The van der Waals surface area contributed by atoms with E-state index in [9.17, 15) is 19.1 Å². The molecule has 0 aromatic heterocycles. The Labute approximate surface area is 187 Å². The Morgan fingerprint density at radius 3 is 2.62 bits per heavy atom. The molecule has 4 rings (SSSR count). The number of ether oxygens (including phenoxy) is 1. The monoisotopic (exact) mass is 440 g/mol. The topological polar surface area (TPSA) is 70.1 Å². The number of benzene rings is 2. The van der Waals surface area contributed by atoms with Crippen LogP contribution < -0.4 is 4.74 Å². The van der Waals surface area contributed by atoms with Crippen molar-refractivity contribution in [3.8, 4) is 5.75 Å². The van der Waals surface area contributed by atoms with Gasteiger partial charge in [0.25, 0.3) is 5.91 Å². The van der Waals surface area contributed by atoms with Crippen molar-refractivity contribution in [3.05, 3.63) is 65.5 Å². The van der Waals surface area contributed by atoms with Crippen LogP contribution in [0, 0.1) is 11.7 Å². The van der Waals surface area contributed by atoms with Crippen LogP contribution in [-0.2, 0) is 11.3 Å². The van der Waals surface area contributed by atoms with Gasteiger partial charge in [0.1, 0.15) is 29.8 Å². The summed E-state index contributed by atoms with van der Waals surface area (Å²) in [6.45, 7) is 5.05. The molecular weight excluding hydrogens is 411 g/mol. The van der Waals surface area contributed by atoms with E-state index in [0.717, 1.165) is 5.56 Å². The van der Waals surface area contributed by atoms with Crippen LogP contribution in [0.5, 0.6) is 5.75 Å². The maximum absolute atomic E-state index is 13.3. The van der Waals surface area contributed by atoms with Crippen LogP contribution in [0.15, 0.2) is 48.5 Å². The summed E-state index contributed by atoms with van der Waals surface area (Å²) < 4.78 is 19.3. The molecule has 6 nitrogen and oxygen atoms in total. The number of likely N-dealkylation sites (tertiary alicyclic amines) is 1. The third-order valence-corrected chi connectivity index (χ3v) is 6.23. The fourth-order valence-corrected chi connectivity index (χ4v) is 4.65. The van der Waals surface area contributed by atoms with Gasteiger partial charge in [-0.3, -0.25) is 9.59 Å². The lowest BCUT2D eigenvalue weighted by Gasteiger charge is -2.45. The molecule has 0 unspecified atom stereocenters. The summed E-state index contributed by atoms with van der Waals surface area (Å²) in [5.41, 5.74) is 0.467. The SMILES string of the molecule is CC(C)C[C@]1(O)CCN(C(=O)CN2Cc3ccccc3C2=O)C[C@@H]1Oc1ccc(F)cc1. The molecule has 2 heterocycles. The average molecular weight is 441 g/mol. The predicted molar refractivity (Wildman–Crippen MR) is 118 cm³/mol. The summed E-state index contributed by atoms with van der Waals surface area (Å²) in [7, 11) is 0. The predicted octanol–water partition coefficient (Wildman–Crippen LogP) is 3.24. The number of hydrogen-bond acceptors (Lipinski definition) is 4. The van der Waals surface area contributed by atoms with Gasteiger partial charge in [-0.2, -0.15) is 0 Å². The van der Waals surface area contributed by atoms with Gasteiger partial charge in [0, 0.05) is 18.7 Å². The van der Waals surface area contributed by atoms with Gasteiger partial charge in [-0.25, -0.2) is 4.39 Å². The van der Waals surface area contributed by atoms with E-state index in [2.05, 4.69) is 0 Å². The first-order valence-corrected chi connectivity index (χ1v) is 11.0. The fourth-order valence-electron chi connectivity index (χ4n) is 4.65. The van der Waals surface area contributed by atoms with Gasteiger partial charge < -0.3 is 19.6 Å². The van der Waals surface area contributed by atoms with Gasteiger partial charge in [-0.05, 0) is 54.7 Å².